The quantitative estimate of drug-likeness (QED) is 0.532. The molecule has 2 heterocycles. The van der Waals surface area contributed by atoms with E-state index in [-0.39, 0.29) is 6.04 Å². The van der Waals surface area contributed by atoms with Gasteiger partial charge in [-0.05, 0) is 41.5 Å². The van der Waals surface area contributed by atoms with E-state index in [2.05, 4.69) is 39.6 Å². The van der Waals surface area contributed by atoms with Gasteiger partial charge in [-0.25, -0.2) is 4.98 Å². The van der Waals surface area contributed by atoms with Gasteiger partial charge in [0.15, 0.2) is 0 Å². The Morgan fingerprint density at radius 2 is 1.64 bits per heavy atom. The third kappa shape index (κ3) is 3.32. The van der Waals surface area contributed by atoms with Crippen molar-refractivity contribution in [2.75, 3.05) is 5.32 Å². The number of anilines is 1. The molecule has 0 aliphatic rings. The minimum Gasteiger partial charge on any atom is -0.359 e. The average molecular weight is 346 g/mol. The van der Waals surface area contributed by atoms with Crippen LogP contribution in [0.15, 0.2) is 85.2 Å². The van der Waals surface area contributed by atoms with Gasteiger partial charge in [-0.2, -0.15) is 0 Å². The van der Waals surface area contributed by atoms with Crippen molar-refractivity contribution in [2.45, 2.75) is 6.04 Å². The number of nitrogens with zero attached hydrogens (tertiary/aromatic N) is 2. The molecule has 1 N–H and O–H groups in total. The lowest BCUT2D eigenvalue weighted by molar-refractivity contribution is 0.928. The average Bonchev–Trinajstić information content (AvgIpc) is 2.67. The second kappa shape index (κ2) is 6.91. The summed E-state index contributed by atoms with van der Waals surface area (Å²) in [6, 6.07) is 23.8. The van der Waals surface area contributed by atoms with Crippen molar-refractivity contribution >= 4 is 28.3 Å². The maximum Gasteiger partial charge on any atom is 0.126 e. The van der Waals surface area contributed by atoms with E-state index in [1.165, 1.54) is 0 Å². The number of benzene rings is 2. The van der Waals surface area contributed by atoms with Crippen LogP contribution in [0.4, 0.5) is 5.82 Å². The van der Waals surface area contributed by atoms with Crippen molar-refractivity contribution in [2.24, 2.45) is 0 Å². The Bertz CT molecular complexity index is 1000. The molecule has 122 valence electrons. The van der Waals surface area contributed by atoms with Crippen LogP contribution in [0.5, 0.6) is 0 Å². The van der Waals surface area contributed by atoms with Gasteiger partial charge in [0.1, 0.15) is 5.82 Å². The van der Waals surface area contributed by atoms with Crippen LogP contribution in [0.3, 0.4) is 0 Å². The van der Waals surface area contributed by atoms with Crippen LogP contribution in [0, 0.1) is 0 Å². The van der Waals surface area contributed by atoms with Crippen molar-refractivity contribution < 1.29 is 0 Å². The Morgan fingerprint density at radius 3 is 2.48 bits per heavy atom. The largest absolute Gasteiger partial charge is 0.359 e. The van der Waals surface area contributed by atoms with Gasteiger partial charge < -0.3 is 5.32 Å². The molecule has 0 aliphatic carbocycles. The molecule has 0 aliphatic heterocycles. The van der Waals surface area contributed by atoms with E-state index in [1.54, 1.807) is 6.20 Å². The summed E-state index contributed by atoms with van der Waals surface area (Å²) in [5, 5.41) is 5.33. The highest BCUT2D eigenvalue weighted by atomic mass is 35.5. The number of fused-ring (bicyclic) bond motifs is 1. The monoisotopic (exact) mass is 345 g/mol. The number of hydrogen-bond donors (Lipinski definition) is 1. The minimum absolute atomic E-state index is 0.116. The Kier molecular flexibility index (Phi) is 4.32. The molecule has 0 fully saturated rings. The first-order valence-corrected chi connectivity index (χ1v) is 8.46. The second-order valence-electron chi connectivity index (χ2n) is 5.77. The molecule has 4 aromatic rings. The van der Waals surface area contributed by atoms with Crippen molar-refractivity contribution in [1.29, 1.82) is 0 Å². The van der Waals surface area contributed by atoms with Gasteiger partial charge in [0.05, 0.1) is 11.6 Å². The summed E-state index contributed by atoms with van der Waals surface area (Å²) in [5.74, 6) is 0.800. The molecule has 3 nitrogen and oxygen atoms in total. The Morgan fingerprint density at radius 1 is 0.800 bits per heavy atom. The van der Waals surface area contributed by atoms with Crippen molar-refractivity contribution in [3.05, 3.63) is 101 Å². The summed E-state index contributed by atoms with van der Waals surface area (Å²) >= 11 is 6.48. The first-order chi connectivity index (χ1) is 12.3. The lowest BCUT2D eigenvalue weighted by Crippen LogP contribution is -2.13. The summed E-state index contributed by atoms with van der Waals surface area (Å²) in [4.78, 5) is 8.86. The van der Waals surface area contributed by atoms with Crippen molar-refractivity contribution in [1.82, 2.24) is 9.97 Å². The molecule has 0 saturated heterocycles. The molecule has 0 amide bonds. The Hall–Kier alpha value is -2.91. The van der Waals surface area contributed by atoms with Crippen molar-refractivity contribution in [3.63, 3.8) is 0 Å². The molecule has 2 aromatic carbocycles. The molecule has 25 heavy (non-hydrogen) atoms. The maximum absolute atomic E-state index is 6.48. The van der Waals surface area contributed by atoms with E-state index < -0.39 is 0 Å². The van der Waals surface area contributed by atoms with E-state index in [0.717, 1.165) is 32.9 Å². The number of halogens is 1. The van der Waals surface area contributed by atoms with Crippen LogP contribution in [0.25, 0.3) is 10.9 Å². The summed E-state index contributed by atoms with van der Waals surface area (Å²) in [6.45, 7) is 0. The van der Waals surface area contributed by atoms with Crippen LogP contribution in [-0.4, -0.2) is 9.97 Å². The fourth-order valence-electron chi connectivity index (χ4n) is 2.91. The van der Waals surface area contributed by atoms with Gasteiger partial charge in [-0.3, -0.25) is 4.98 Å². The van der Waals surface area contributed by atoms with Gasteiger partial charge in [0, 0.05) is 22.8 Å². The van der Waals surface area contributed by atoms with Gasteiger partial charge in [0.2, 0.25) is 0 Å². The predicted molar refractivity (Wildman–Crippen MR) is 103 cm³/mol. The topological polar surface area (TPSA) is 37.8 Å². The Balaban J connectivity index is 1.82. The second-order valence-corrected chi connectivity index (χ2v) is 6.18. The van der Waals surface area contributed by atoms with E-state index in [0.29, 0.717) is 0 Å². The van der Waals surface area contributed by atoms with Crippen molar-refractivity contribution in [3.8, 4) is 0 Å². The molecular formula is C21H16ClN3. The lowest BCUT2D eigenvalue weighted by atomic mass is 9.97. The van der Waals surface area contributed by atoms with Crippen LogP contribution >= 0.6 is 11.6 Å². The van der Waals surface area contributed by atoms with Gasteiger partial charge in [0.25, 0.3) is 0 Å². The summed E-state index contributed by atoms with van der Waals surface area (Å²) < 4.78 is 0. The maximum atomic E-state index is 6.48. The smallest absolute Gasteiger partial charge is 0.126 e. The fraction of sp³-hybridized carbons (Fsp3) is 0.0476. The number of pyridine rings is 2. The molecular weight excluding hydrogens is 330 g/mol. The van der Waals surface area contributed by atoms with E-state index in [9.17, 15) is 0 Å². The molecule has 2 aromatic heterocycles. The van der Waals surface area contributed by atoms with E-state index >= 15 is 0 Å². The van der Waals surface area contributed by atoms with Gasteiger partial charge in [-0.15, -0.1) is 0 Å². The summed E-state index contributed by atoms with van der Waals surface area (Å²) in [7, 11) is 0. The molecule has 0 saturated carbocycles. The molecule has 1 unspecified atom stereocenters. The molecule has 0 radical (unpaired) electrons. The van der Waals surface area contributed by atoms with Gasteiger partial charge >= 0.3 is 0 Å². The molecule has 4 heteroatoms. The zero-order valence-electron chi connectivity index (χ0n) is 13.4. The molecule has 4 rings (SSSR count). The fourth-order valence-corrected chi connectivity index (χ4v) is 3.15. The van der Waals surface area contributed by atoms with Crippen LogP contribution in [0.2, 0.25) is 5.02 Å². The lowest BCUT2D eigenvalue weighted by Gasteiger charge is -2.21. The van der Waals surface area contributed by atoms with Gasteiger partial charge in [-0.1, -0.05) is 54.1 Å². The van der Waals surface area contributed by atoms with Crippen LogP contribution < -0.4 is 5.32 Å². The highest BCUT2D eigenvalue weighted by molar-refractivity contribution is 6.31. The third-order valence-corrected chi connectivity index (χ3v) is 4.48. The summed E-state index contributed by atoms with van der Waals surface area (Å²) in [6.07, 6.45) is 3.58. The number of nitrogens with one attached hydrogen (secondary N) is 1. The number of hydrogen-bond acceptors (Lipinski definition) is 3. The number of rotatable bonds is 4. The highest BCUT2D eigenvalue weighted by Crippen LogP contribution is 2.32. The minimum atomic E-state index is -0.116. The zero-order chi connectivity index (χ0) is 17.1. The Labute approximate surface area is 151 Å². The standard InChI is InChI=1S/C21H16ClN3/c22-18-8-2-1-7-17(18)21(25-20-9-3-4-12-24-20)16-11-10-15-6-5-13-23-19(15)14-16/h1-14,21H,(H,24,25). The zero-order valence-corrected chi connectivity index (χ0v) is 14.2. The number of aromatic nitrogens is 2. The molecule has 0 spiro atoms. The molecule has 0 bridgehead atoms. The van der Waals surface area contributed by atoms with E-state index in [1.807, 2.05) is 54.7 Å². The normalized spacial score (nSPS) is 12.0. The van der Waals surface area contributed by atoms with Crippen LogP contribution in [0.1, 0.15) is 17.2 Å². The summed E-state index contributed by atoms with van der Waals surface area (Å²) in [5.41, 5.74) is 3.05. The predicted octanol–water partition coefficient (Wildman–Crippen LogP) is 5.48. The highest BCUT2D eigenvalue weighted by Gasteiger charge is 2.18. The first kappa shape index (κ1) is 15.6. The SMILES string of the molecule is Clc1ccccc1C(Nc1ccccn1)c1ccc2cccnc2c1. The first-order valence-electron chi connectivity index (χ1n) is 8.08. The van der Waals surface area contributed by atoms with Crippen LogP contribution in [-0.2, 0) is 0 Å². The molecule has 1 atom stereocenters. The van der Waals surface area contributed by atoms with E-state index in [4.69, 9.17) is 11.6 Å². The third-order valence-electron chi connectivity index (χ3n) is 4.14.